The normalized spacial score (nSPS) is 11.2. The van der Waals surface area contributed by atoms with Gasteiger partial charge in [-0.3, -0.25) is 14.2 Å². The fourth-order valence-electron chi connectivity index (χ4n) is 2.80. The molecule has 3 rings (SSSR count). The number of aromatic amines is 1. The van der Waals surface area contributed by atoms with Crippen molar-refractivity contribution in [1.82, 2.24) is 19.9 Å². The maximum Gasteiger partial charge on any atom is 0.278 e. The Balaban J connectivity index is 1.67. The molecule has 0 atom stereocenters. The first-order valence-corrected chi connectivity index (χ1v) is 11.0. The highest BCUT2D eigenvalue weighted by atomic mass is 32.2. The van der Waals surface area contributed by atoms with Gasteiger partial charge in [0.1, 0.15) is 5.52 Å². The molecule has 27 heavy (non-hydrogen) atoms. The molecule has 1 amide bonds. The number of nitrogens with one attached hydrogen (secondary N) is 2. The van der Waals surface area contributed by atoms with E-state index in [2.05, 4.69) is 28.3 Å². The summed E-state index contributed by atoms with van der Waals surface area (Å²) in [6.07, 6.45) is 2.72. The van der Waals surface area contributed by atoms with Crippen LogP contribution < -0.4 is 10.9 Å². The molecule has 0 unspecified atom stereocenters. The van der Waals surface area contributed by atoms with Crippen molar-refractivity contribution in [1.29, 1.82) is 0 Å². The van der Waals surface area contributed by atoms with E-state index in [-0.39, 0.29) is 17.2 Å². The summed E-state index contributed by atoms with van der Waals surface area (Å²) in [5, 5.41) is 5.58. The van der Waals surface area contributed by atoms with Crippen molar-refractivity contribution in [2.24, 2.45) is 0 Å². The number of nitrogens with zero attached hydrogens (tertiary/aromatic N) is 2. The van der Waals surface area contributed by atoms with Crippen LogP contribution in [0, 0.1) is 6.92 Å². The minimum atomic E-state index is -0.0675. The summed E-state index contributed by atoms with van der Waals surface area (Å²) in [6, 6.07) is 5.94. The van der Waals surface area contributed by atoms with Crippen molar-refractivity contribution in [2.75, 3.05) is 12.3 Å². The first kappa shape index (κ1) is 19.7. The minimum Gasteiger partial charge on any atom is -0.355 e. The molecule has 0 aliphatic rings. The summed E-state index contributed by atoms with van der Waals surface area (Å²) in [5.74, 6) is 0.205. The second-order valence-electron chi connectivity index (χ2n) is 6.39. The monoisotopic (exact) mass is 404 g/mol. The van der Waals surface area contributed by atoms with E-state index in [0.29, 0.717) is 29.3 Å². The number of aryl methyl sites for hydroxylation is 1. The van der Waals surface area contributed by atoms with Crippen molar-refractivity contribution in [2.45, 2.75) is 44.8 Å². The summed E-state index contributed by atoms with van der Waals surface area (Å²) in [7, 11) is 0. The fraction of sp³-hybridized carbons (Fsp3) is 0.421. The Kier molecular flexibility index (Phi) is 6.73. The quantitative estimate of drug-likeness (QED) is 0.423. The van der Waals surface area contributed by atoms with E-state index in [4.69, 9.17) is 0 Å². The zero-order chi connectivity index (χ0) is 19.2. The lowest BCUT2D eigenvalue weighted by Gasteiger charge is -2.11. The van der Waals surface area contributed by atoms with E-state index < -0.39 is 0 Å². The maximum atomic E-state index is 12.8. The number of aromatic nitrogens is 3. The van der Waals surface area contributed by atoms with Gasteiger partial charge in [-0.05, 0) is 37.3 Å². The van der Waals surface area contributed by atoms with E-state index in [9.17, 15) is 9.59 Å². The van der Waals surface area contributed by atoms with Crippen LogP contribution in [0.1, 0.15) is 30.3 Å². The van der Waals surface area contributed by atoms with Crippen LogP contribution in [0.15, 0.2) is 33.5 Å². The number of unbranched alkanes of at least 4 members (excludes halogenated alkanes) is 1. The molecular formula is C19H24N4O2S2. The van der Waals surface area contributed by atoms with Gasteiger partial charge in [0.05, 0.1) is 11.3 Å². The first-order chi connectivity index (χ1) is 13.1. The van der Waals surface area contributed by atoms with Crippen molar-refractivity contribution >= 4 is 40.0 Å². The summed E-state index contributed by atoms with van der Waals surface area (Å²) in [5.41, 5.74) is 2.03. The van der Waals surface area contributed by atoms with Crippen LogP contribution in [0.4, 0.5) is 0 Å². The number of thioether (sulfide) groups is 1. The van der Waals surface area contributed by atoms with Crippen LogP contribution in [-0.4, -0.2) is 32.7 Å². The molecule has 3 aromatic heterocycles. The van der Waals surface area contributed by atoms with Crippen LogP contribution in [-0.2, 0) is 17.8 Å². The molecule has 0 aliphatic heterocycles. The van der Waals surface area contributed by atoms with Gasteiger partial charge in [-0.25, -0.2) is 4.98 Å². The number of rotatable bonds is 9. The maximum absolute atomic E-state index is 12.8. The Morgan fingerprint density at radius 1 is 1.44 bits per heavy atom. The highest BCUT2D eigenvalue weighted by Gasteiger charge is 2.14. The number of hydrogen-bond donors (Lipinski definition) is 2. The molecule has 3 aromatic rings. The number of H-pyrrole nitrogens is 1. The molecule has 0 spiro atoms. The Morgan fingerprint density at radius 3 is 3.04 bits per heavy atom. The molecule has 2 N–H and O–H groups in total. The number of fused-ring (bicyclic) bond motifs is 1. The van der Waals surface area contributed by atoms with Gasteiger partial charge in [-0.1, -0.05) is 31.2 Å². The molecule has 0 aromatic carbocycles. The second kappa shape index (κ2) is 9.23. The first-order valence-electron chi connectivity index (χ1n) is 9.10. The van der Waals surface area contributed by atoms with Crippen LogP contribution in [0.2, 0.25) is 0 Å². The topological polar surface area (TPSA) is 79.8 Å². The zero-order valence-electron chi connectivity index (χ0n) is 15.6. The molecule has 3 heterocycles. The van der Waals surface area contributed by atoms with E-state index in [1.165, 1.54) is 16.6 Å². The molecule has 0 aliphatic carbocycles. The molecule has 0 saturated heterocycles. The van der Waals surface area contributed by atoms with Gasteiger partial charge in [0, 0.05) is 23.7 Å². The molecular weight excluding hydrogens is 380 g/mol. The van der Waals surface area contributed by atoms with Gasteiger partial charge in [0.2, 0.25) is 5.91 Å². The van der Waals surface area contributed by atoms with Crippen LogP contribution in [0.3, 0.4) is 0 Å². The molecule has 144 valence electrons. The minimum absolute atomic E-state index is 0.0433. The highest BCUT2D eigenvalue weighted by molar-refractivity contribution is 7.99. The molecule has 6 nitrogen and oxygen atoms in total. The third-order valence-corrected chi connectivity index (χ3v) is 6.09. The van der Waals surface area contributed by atoms with Gasteiger partial charge >= 0.3 is 0 Å². The number of hydrogen-bond acceptors (Lipinski definition) is 5. The second-order valence-corrected chi connectivity index (χ2v) is 8.36. The third-order valence-electron chi connectivity index (χ3n) is 4.18. The predicted molar refractivity (Wildman–Crippen MR) is 112 cm³/mol. The number of thiophene rings is 1. The molecule has 0 bridgehead atoms. The number of carbonyl (C=O) groups excluding carboxylic acids is 1. The van der Waals surface area contributed by atoms with Gasteiger partial charge in [0.15, 0.2) is 5.16 Å². The molecule has 8 heteroatoms. The third kappa shape index (κ3) is 5.01. The average Bonchev–Trinajstić information content (AvgIpc) is 3.28. The van der Waals surface area contributed by atoms with E-state index in [1.54, 1.807) is 15.9 Å². The Hall–Kier alpha value is -2.06. The van der Waals surface area contributed by atoms with Gasteiger partial charge in [0.25, 0.3) is 5.56 Å². The Bertz CT molecular complexity index is 960. The van der Waals surface area contributed by atoms with Crippen molar-refractivity contribution in [3.05, 3.63) is 44.5 Å². The van der Waals surface area contributed by atoms with E-state index in [0.717, 1.165) is 25.0 Å². The summed E-state index contributed by atoms with van der Waals surface area (Å²) >= 11 is 3.01. The van der Waals surface area contributed by atoms with Crippen molar-refractivity contribution in [3.8, 4) is 0 Å². The van der Waals surface area contributed by atoms with Crippen LogP contribution in [0.25, 0.3) is 11.0 Å². The lowest BCUT2D eigenvalue weighted by Crippen LogP contribution is -2.28. The Labute approximate surface area is 166 Å². The summed E-state index contributed by atoms with van der Waals surface area (Å²) in [6.45, 7) is 5.22. The smallest absolute Gasteiger partial charge is 0.278 e. The zero-order valence-corrected chi connectivity index (χ0v) is 17.2. The largest absolute Gasteiger partial charge is 0.355 e. The predicted octanol–water partition coefficient (Wildman–Crippen LogP) is 3.35. The lowest BCUT2D eigenvalue weighted by molar-refractivity contribution is -0.118. The summed E-state index contributed by atoms with van der Waals surface area (Å²) < 4.78 is 1.69. The lowest BCUT2D eigenvalue weighted by atomic mass is 10.3. The average molecular weight is 405 g/mol. The molecule has 0 saturated carbocycles. The van der Waals surface area contributed by atoms with E-state index >= 15 is 0 Å². The van der Waals surface area contributed by atoms with Crippen LogP contribution >= 0.6 is 23.1 Å². The van der Waals surface area contributed by atoms with E-state index in [1.807, 2.05) is 24.4 Å². The number of amides is 1. The standard InChI is InChI=1S/C19H24N4O2S2/c1-3-4-9-23-18(25)17-15(11-13(2)21-17)22-19(23)27-12-16(24)20-8-7-14-6-5-10-26-14/h5-6,10-11,21H,3-4,7-9,12H2,1-2H3,(H,20,24). The van der Waals surface area contributed by atoms with Gasteiger partial charge in [-0.2, -0.15) is 0 Å². The highest BCUT2D eigenvalue weighted by Crippen LogP contribution is 2.19. The summed E-state index contributed by atoms with van der Waals surface area (Å²) in [4.78, 5) is 33.9. The fourth-order valence-corrected chi connectivity index (χ4v) is 4.36. The number of carbonyl (C=O) groups is 1. The van der Waals surface area contributed by atoms with Crippen molar-refractivity contribution < 1.29 is 4.79 Å². The van der Waals surface area contributed by atoms with Crippen molar-refractivity contribution in [3.63, 3.8) is 0 Å². The molecule has 0 fully saturated rings. The SMILES string of the molecule is CCCCn1c(SCC(=O)NCCc2cccs2)nc2cc(C)[nH]c2c1=O. The molecule has 0 radical (unpaired) electrons. The van der Waals surface area contributed by atoms with Gasteiger partial charge in [-0.15, -0.1) is 11.3 Å². The van der Waals surface area contributed by atoms with Crippen LogP contribution in [0.5, 0.6) is 0 Å². The van der Waals surface area contributed by atoms with Gasteiger partial charge < -0.3 is 10.3 Å². The Morgan fingerprint density at radius 2 is 2.30 bits per heavy atom.